The van der Waals surface area contributed by atoms with Crippen molar-refractivity contribution < 1.29 is 61.8 Å². The van der Waals surface area contributed by atoms with Crippen molar-refractivity contribution in [3.8, 4) is 0 Å². The van der Waals surface area contributed by atoms with Gasteiger partial charge in [0.1, 0.15) is 41.0 Å². The van der Waals surface area contributed by atoms with E-state index in [1.54, 1.807) is 12.1 Å². The number of carbonyl (C=O) groups is 2. The molecule has 38 heavy (non-hydrogen) atoms. The van der Waals surface area contributed by atoms with Crippen molar-refractivity contribution in [2.45, 2.75) is 54.4 Å². The van der Waals surface area contributed by atoms with Crippen molar-refractivity contribution in [2.75, 3.05) is 11.9 Å². The van der Waals surface area contributed by atoms with E-state index in [0.717, 1.165) is 6.08 Å². The van der Waals surface area contributed by atoms with Crippen LogP contribution in [0.4, 0.5) is 5.69 Å². The van der Waals surface area contributed by atoms with E-state index in [0.29, 0.717) is 17.4 Å². The first-order valence-electron chi connectivity index (χ1n) is 10.9. The zero-order valence-electron chi connectivity index (χ0n) is 19.4. The van der Waals surface area contributed by atoms with E-state index in [1.807, 2.05) is 0 Å². The minimum atomic E-state index is -5.33. The lowest BCUT2D eigenvalue weighted by molar-refractivity contribution is -0.205. The zero-order valence-corrected chi connectivity index (χ0v) is 21.1. The van der Waals surface area contributed by atoms with Crippen LogP contribution >= 0.6 is 11.8 Å². The molecule has 1 amide bonds. The topological polar surface area (TPSA) is 245 Å². The van der Waals surface area contributed by atoms with E-state index in [-0.39, 0.29) is 5.56 Å². The smallest absolute Gasteiger partial charge is 0.310 e. The predicted molar refractivity (Wildman–Crippen MR) is 128 cm³/mol. The number of esters is 1. The molecule has 0 spiro atoms. The van der Waals surface area contributed by atoms with Crippen LogP contribution in [0.5, 0.6) is 0 Å². The molecule has 3 rings (SSSR count). The Morgan fingerprint density at radius 2 is 1.97 bits per heavy atom. The Hall–Kier alpha value is -2.61. The fourth-order valence-corrected chi connectivity index (χ4v) is 5.07. The molecule has 2 unspecified atom stereocenters. The Morgan fingerprint density at radius 3 is 2.61 bits per heavy atom. The van der Waals surface area contributed by atoms with Gasteiger partial charge >= 0.3 is 5.97 Å². The van der Waals surface area contributed by atoms with Gasteiger partial charge in [0.15, 0.2) is 5.60 Å². The highest BCUT2D eigenvalue weighted by molar-refractivity contribution is 8.14. The van der Waals surface area contributed by atoms with Crippen LogP contribution in [0.25, 0.3) is 0 Å². The number of aliphatic hydroxyl groups excluding tert-OH is 4. The first kappa shape index (κ1) is 29.9. The monoisotopic (exact) mass is 577 g/mol. The predicted octanol–water partition coefficient (Wildman–Crippen LogP) is -1.97. The molecule has 1 aromatic rings. The molecule has 2 heterocycles. The summed E-state index contributed by atoms with van der Waals surface area (Å²) in [6.07, 6.45) is -7.96. The lowest BCUT2D eigenvalue weighted by Crippen LogP contribution is -2.57. The molecule has 0 saturated carbocycles. The standard InChI is InChI=1S/C21H26N2O13S2/c1-2-10(34-15(25)8-21(30)11-5-3-4-6-12(11)22-20(21)29)7-14(23-36-38(31,32)33)37-19-18(28)17(27)16(26)13(9-24)35-19/h2-6,10,13,16-19,24,26-28,30H,1,7-9H2,(H,22,29)(H,31,32,33)/p-1/b23-14-/t10?,13-,16-,17+,18-,19+,21?/m1/s1. The number of hydrogen-bond donors (Lipinski definition) is 6. The molecule has 0 radical (unpaired) electrons. The molecule has 2 aliphatic rings. The van der Waals surface area contributed by atoms with Crippen molar-refractivity contribution >= 4 is 44.8 Å². The average molecular weight is 578 g/mol. The van der Waals surface area contributed by atoms with Crippen LogP contribution in [-0.2, 0) is 39.3 Å². The van der Waals surface area contributed by atoms with Crippen LogP contribution in [0.1, 0.15) is 18.4 Å². The Labute approximate surface area is 220 Å². The molecular weight excluding hydrogens is 552 g/mol. The minimum Gasteiger partial charge on any atom is -0.714 e. The van der Waals surface area contributed by atoms with E-state index in [2.05, 4.69) is 21.3 Å². The van der Waals surface area contributed by atoms with Gasteiger partial charge in [-0.05, 0) is 6.07 Å². The van der Waals surface area contributed by atoms with Gasteiger partial charge in [0.25, 0.3) is 16.3 Å². The van der Waals surface area contributed by atoms with Crippen LogP contribution in [-0.4, -0.2) is 98.0 Å². The molecule has 1 aromatic carbocycles. The number of aliphatic hydroxyl groups is 5. The van der Waals surface area contributed by atoms with Gasteiger partial charge in [-0.1, -0.05) is 47.8 Å². The summed E-state index contributed by atoms with van der Waals surface area (Å²) in [5.74, 6) is -1.90. The van der Waals surface area contributed by atoms with Crippen LogP contribution < -0.4 is 5.32 Å². The van der Waals surface area contributed by atoms with E-state index in [1.165, 1.54) is 12.1 Å². The number of amides is 1. The van der Waals surface area contributed by atoms with Crippen LogP contribution in [0.3, 0.4) is 0 Å². The van der Waals surface area contributed by atoms with Crippen LogP contribution in [0.15, 0.2) is 42.1 Å². The Bertz CT molecular complexity index is 1190. The molecule has 0 bridgehead atoms. The van der Waals surface area contributed by atoms with Gasteiger partial charge < -0.3 is 44.9 Å². The summed E-state index contributed by atoms with van der Waals surface area (Å²) < 4.78 is 47.3. The quantitative estimate of drug-likeness (QED) is 0.0336. The summed E-state index contributed by atoms with van der Waals surface area (Å²) in [7, 11) is -5.33. The molecule has 7 atom stereocenters. The Kier molecular flexibility index (Phi) is 9.50. The summed E-state index contributed by atoms with van der Waals surface area (Å²) in [6.45, 7) is 2.75. The molecular formula is C21H25N2O13S2-. The molecule has 0 aliphatic carbocycles. The third-order valence-corrected chi connectivity index (χ3v) is 7.04. The number of anilines is 1. The van der Waals surface area contributed by atoms with E-state index in [4.69, 9.17) is 9.47 Å². The normalized spacial score (nSPS) is 30.2. The third kappa shape index (κ3) is 6.87. The zero-order chi connectivity index (χ0) is 28.3. The fourth-order valence-electron chi connectivity index (χ4n) is 3.73. The molecule has 1 saturated heterocycles. The Morgan fingerprint density at radius 1 is 1.29 bits per heavy atom. The molecule has 1 fully saturated rings. The molecule has 2 aliphatic heterocycles. The third-order valence-electron chi connectivity index (χ3n) is 5.65. The van der Waals surface area contributed by atoms with Crippen molar-refractivity contribution in [3.63, 3.8) is 0 Å². The number of benzene rings is 1. The first-order valence-corrected chi connectivity index (χ1v) is 13.1. The van der Waals surface area contributed by atoms with Gasteiger partial charge in [0, 0.05) is 17.7 Å². The van der Waals surface area contributed by atoms with E-state index in [9.17, 15) is 48.1 Å². The molecule has 6 N–H and O–H groups in total. The number of nitrogens with one attached hydrogen (secondary N) is 1. The average Bonchev–Trinajstić information content (AvgIpc) is 3.10. The number of fused-ring (bicyclic) bond motifs is 1. The van der Waals surface area contributed by atoms with E-state index >= 15 is 0 Å². The summed E-state index contributed by atoms with van der Waals surface area (Å²) in [4.78, 5) is 25.0. The van der Waals surface area contributed by atoms with Gasteiger partial charge in [-0.15, -0.1) is 0 Å². The van der Waals surface area contributed by atoms with Gasteiger partial charge in [0.2, 0.25) is 0 Å². The number of oxime groups is 1. The molecule has 17 heteroatoms. The van der Waals surface area contributed by atoms with Crippen LogP contribution in [0.2, 0.25) is 0 Å². The fraction of sp³-hybridized carbons (Fsp3) is 0.476. The lowest BCUT2D eigenvalue weighted by Gasteiger charge is -2.39. The molecule has 0 aromatic heterocycles. The highest BCUT2D eigenvalue weighted by Gasteiger charge is 2.47. The number of para-hydroxylation sites is 1. The maximum Gasteiger partial charge on any atom is 0.310 e. The van der Waals surface area contributed by atoms with Gasteiger partial charge in [-0.25, -0.2) is 0 Å². The van der Waals surface area contributed by atoms with Crippen molar-refractivity contribution in [1.29, 1.82) is 0 Å². The van der Waals surface area contributed by atoms with Crippen LogP contribution in [0, 0.1) is 0 Å². The highest BCUT2D eigenvalue weighted by atomic mass is 32.3. The number of carbonyl (C=O) groups excluding carboxylic acids is 2. The summed E-state index contributed by atoms with van der Waals surface area (Å²) in [5.41, 5.74) is -3.19. The number of nitrogens with zero attached hydrogens (tertiary/aromatic N) is 1. The number of ether oxygens (including phenoxy) is 2. The number of rotatable bonds is 10. The SMILES string of the molecule is C=CC(C/C(=N/OS(=O)(=O)[O-])S[C@@H]1O[C@H](CO)[C@@H](O)[C@H](O)[C@H]1O)OC(=O)CC1(O)C(=O)Nc2ccccc21. The maximum absolute atomic E-state index is 12.6. The lowest BCUT2D eigenvalue weighted by atomic mass is 9.92. The van der Waals surface area contributed by atoms with Crippen molar-refractivity contribution in [3.05, 3.63) is 42.5 Å². The maximum atomic E-state index is 12.6. The first-order chi connectivity index (χ1) is 17.8. The summed E-state index contributed by atoms with van der Waals surface area (Å²) in [6, 6.07) is 6.17. The second-order valence-corrected chi connectivity index (χ2v) is 10.4. The largest absolute Gasteiger partial charge is 0.714 e. The van der Waals surface area contributed by atoms with E-state index < -0.39 is 88.3 Å². The summed E-state index contributed by atoms with van der Waals surface area (Å²) in [5, 5.41) is 55.6. The number of thioether (sulfide) groups is 1. The van der Waals surface area contributed by atoms with Gasteiger partial charge in [-0.3, -0.25) is 13.9 Å². The molecule has 15 nitrogen and oxygen atoms in total. The highest BCUT2D eigenvalue weighted by Crippen LogP contribution is 2.38. The second kappa shape index (κ2) is 12.1. The van der Waals surface area contributed by atoms with Gasteiger partial charge in [-0.2, -0.15) is 8.42 Å². The second-order valence-electron chi connectivity index (χ2n) is 8.29. The minimum absolute atomic E-state index is 0.159. The number of hydrogen-bond acceptors (Lipinski definition) is 15. The van der Waals surface area contributed by atoms with Gasteiger partial charge in [0.05, 0.1) is 13.0 Å². The molecule has 210 valence electrons. The van der Waals surface area contributed by atoms with Crippen molar-refractivity contribution in [2.24, 2.45) is 5.16 Å². The summed E-state index contributed by atoms with van der Waals surface area (Å²) >= 11 is 0.448. The Balaban J connectivity index is 1.74. The van der Waals surface area contributed by atoms with Crippen molar-refractivity contribution in [1.82, 2.24) is 0 Å².